The molecule has 0 aromatic heterocycles. The zero-order chi connectivity index (χ0) is 21.4. The van der Waals surface area contributed by atoms with Crippen LogP contribution in [0, 0.1) is 11.6 Å². The van der Waals surface area contributed by atoms with E-state index in [2.05, 4.69) is 4.74 Å². The lowest BCUT2D eigenvalue weighted by Crippen LogP contribution is -2.15. The van der Waals surface area contributed by atoms with Gasteiger partial charge in [0.05, 0.1) is 13.2 Å². The van der Waals surface area contributed by atoms with Crippen LogP contribution >= 0.6 is 0 Å². The zero-order valence-electron chi connectivity index (χ0n) is 16.2. The molecule has 0 aliphatic heterocycles. The Morgan fingerprint density at radius 3 is 1.93 bits per heavy atom. The highest BCUT2D eigenvalue weighted by atomic mass is 19.1. The number of benzene rings is 2. The minimum atomic E-state index is -1.08. The summed E-state index contributed by atoms with van der Waals surface area (Å²) in [7, 11) is 1.19. The quantitative estimate of drug-likeness (QED) is 0.409. The molecule has 0 aliphatic carbocycles. The summed E-state index contributed by atoms with van der Waals surface area (Å²) in [6, 6.07) is 11.8. The lowest BCUT2D eigenvalue weighted by Gasteiger charge is -2.12. The van der Waals surface area contributed by atoms with Gasteiger partial charge in [0.15, 0.2) is 0 Å². The highest BCUT2D eigenvalue weighted by molar-refractivity contribution is 5.95. The Morgan fingerprint density at radius 1 is 1.00 bits per heavy atom. The van der Waals surface area contributed by atoms with E-state index in [1.807, 2.05) is 0 Å². The minimum absolute atomic E-state index is 0.221. The van der Waals surface area contributed by atoms with Crippen molar-refractivity contribution < 1.29 is 28.2 Å². The fourth-order valence-corrected chi connectivity index (χ4v) is 2.80. The Balaban J connectivity index is 2.29. The van der Waals surface area contributed by atoms with Crippen LogP contribution in [0.1, 0.15) is 30.9 Å². The van der Waals surface area contributed by atoms with E-state index >= 15 is 0 Å². The molecule has 0 heterocycles. The molecule has 4 nitrogen and oxygen atoms in total. The van der Waals surface area contributed by atoms with E-state index < -0.39 is 24.3 Å². The van der Waals surface area contributed by atoms with Crippen LogP contribution < -0.4 is 0 Å². The molecule has 2 aromatic carbocycles. The number of hydrogen-bond donors (Lipinski definition) is 1. The van der Waals surface area contributed by atoms with Crippen molar-refractivity contribution in [1.29, 1.82) is 0 Å². The number of ether oxygens (including phenoxy) is 1. The number of ketones is 1. The second-order valence-electron chi connectivity index (χ2n) is 6.49. The maximum Gasteiger partial charge on any atom is 0.313 e. The third kappa shape index (κ3) is 6.76. The lowest BCUT2D eigenvalue weighted by atomic mass is 9.93. The van der Waals surface area contributed by atoms with E-state index in [1.54, 1.807) is 37.3 Å². The van der Waals surface area contributed by atoms with E-state index in [0.29, 0.717) is 0 Å². The number of hydrogen-bond acceptors (Lipinski definition) is 4. The highest BCUT2D eigenvalue weighted by Crippen LogP contribution is 2.28. The van der Waals surface area contributed by atoms with Crippen molar-refractivity contribution in [2.75, 3.05) is 7.11 Å². The molecule has 0 fully saturated rings. The molecule has 152 valence electrons. The average molecular weight is 400 g/mol. The van der Waals surface area contributed by atoms with Gasteiger partial charge in [-0.2, -0.15) is 0 Å². The summed E-state index contributed by atoms with van der Waals surface area (Å²) in [4.78, 5) is 22.8. The summed E-state index contributed by atoms with van der Waals surface area (Å²) in [5.41, 5.74) is 2.89. The number of Topliss-reactive ketones (excluding diaryl/α,β-unsaturated/α-hetero) is 1. The van der Waals surface area contributed by atoms with Gasteiger partial charge < -0.3 is 9.84 Å². The second-order valence-corrected chi connectivity index (χ2v) is 6.49. The van der Waals surface area contributed by atoms with Crippen LogP contribution in [0.25, 0.3) is 5.57 Å². The van der Waals surface area contributed by atoms with Crippen molar-refractivity contribution in [3.05, 3.63) is 89.0 Å². The van der Waals surface area contributed by atoms with Gasteiger partial charge >= 0.3 is 5.97 Å². The number of aliphatic hydroxyl groups excluding tert-OH is 1. The van der Waals surface area contributed by atoms with Crippen LogP contribution in [0.2, 0.25) is 0 Å². The van der Waals surface area contributed by atoms with Crippen LogP contribution in [-0.4, -0.2) is 30.1 Å². The first-order chi connectivity index (χ1) is 13.8. The fraction of sp³-hybridized carbons (Fsp3) is 0.217. The monoisotopic (exact) mass is 400 g/mol. The smallest absolute Gasteiger partial charge is 0.313 e. The topological polar surface area (TPSA) is 63.6 Å². The van der Waals surface area contributed by atoms with Crippen molar-refractivity contribution in [2.24, 2.45) is 0 Å². The summed E-state index contributed by atoms with van der Waals surface area (Å²) >= 11 is 0. The summed E-state index contributed by atoms with van der Waals surface area (Å²) < 4.78 is 31.1. The molecule has 0 bridgehead atoms. The van der Waals surface area contributed by atoms with Gasteiger partial charge in [-0.3, -0.25) is 9.59 Å². The molecule has 1 N–H and O–H groups in total. The first kappa shape index (κ1) is 22.2. The van der Waals surface area contributed by atoms with Gasteiger partial charge in [-0.1, -0.05) is 36.4 Å². The number of aliphatic hydroxyl groups is 1. The van der Waals surface area contributed by atoms with Gasteiger partial charge in [-0.25, -0.2) is 8.78 Å². The van der Waals surface area contributed by atoms with Gasteiger partial charge in [-0.05, 0) is 53.5 Å². The molecule has 6 heteroatoms. The van der Waals surface area contributed by atoms with Gasteiger partial charge in [0.1, 0.15) is 23.8 Å². The minimum Gasteiger partial charge on any atom is -0.469 e. The number of esters is 1. The van der Waals surface area contributed by atoms with Crippen LogP contribution in [0.3, 0.4) is 0 Å². The summed E-state index contributed by atoms with van der Waals surface area (Å²) in [6.07, 6.45) is 1.38. The maximum absolute atomic E-state index is 13.3. The molecule has 0 saturated carbocycles. The average Bonchev–Trinajstić information content (AvgIpc) is 2.69. The Bertz CT molecular complexity index is 865. The van der Waals surface area contributed by atoms with Gasteiger partial charge in [0.25, 0.3) is 0 Å². The Morgan fingerprint density at radius 2 is 1.48 bits per heavy atom. The largest absolute Gasteiger partial charge is 0.469 e. The molecule has 29 heavy (non-hydrogen) atoms. The maximum atomic E-state index is 13.3. The van der Waals surface area contributed by atoms with Crippen molar-refractivity contribution in [2.45, 2.75) is 25.9 Å². The molecule has 1 unspecified atom stereocenters. The molecule has 0 saturated heterocycles. The molecule has 2 aromatic rings. The van der Waals surface area contributed by atoms with Crippen LogP contribution in [-0.2, 0) is 14.3 Å². The molecule has 0 amide bonds. The van der Waals surface area contributed by atoms with Gasteiger partial charge in [0, 0.05) is 6.42 Å². The molecule has 0 spiro atoms. The number of methoxy groups -OCH3 is 1. The predicted molar refractivity (Wildman–Crippen MR) is 106 cm³/mol. The Hall–Kier alpha value is -3.12. The molecular weight excluding hydrogens is 378 g/mol. The predicted octanol–water partition coefficient (Wildman–Crippen LogP) is 4.23. The SMILES string of the molecule is COC(=O)CC(=O)CC(O)C=CC(C)=C(c1ccc(F)cc1)c1ccc(F)cc1. The van der Waals surface area contributed by atoms with Crippen LogP contribution in [0.4, 0.5) is 8.78 Å². The van der Waals surface area contributed by atoms with Crippen molar-refractivity contribution >= 4 is 17.3 Å². The number of carbonyl (C=O) groups is 2. The van der Waals surface area contributed by atoms with Crippen LogP contribution in [0.5, 0.6) is 0 Å². The van der Waals surface area contributed by atoms with Crippen LogP contribution in [0.15, 0.2) is 66.3 Å². The zero-order valence-corrected chi connectivity index (χ0v) is 16.2. The summed E-state index contributed by atoms with van der Waals surface area (Å²) in [6.45, 7) is 1.79. The molecule has 2 rings (SSSR count). The molecule has 1 atom stereocenters. The highest BCUT2D eigenvalue weighted by Gasteiger charge is 2.14. The molecule has 0 radical (unpaired) electrons. The first-order valence-electron chi connectivity index (χ1n) is 8.97. The standard InChI is InChI=1S/C23H22F2O4/c1-15(3-12-20(26)13-21(27)14-22(28)29-2)23(16-4-8-18(24)9-5-16)17-6-10-19(25)11-7-17/h3-12,20,26H,13-14H2,1-2H3. The Labute approximate surface area is 168 Å². The number of rotatable bonds is 8. The van der Waals surface area contributed by atoms with E-state index in [-0.39, 0.29) is 18.1 Å². The van der Waals surface area contributed by atoms with Crippen molar-refractivity contribution in [3.63, 3.8) is 0 Å². The van der Waals surface area contributed by atoms with E-state index in [4.69, 9.17) is 0 Å². The number of halogens is 2. The lowest BCUT2D eigenvalue weighted by molar-refractivity contribution is -0.143. The summed E-state index contributed by atoms with van der Waals surface area (Å²) in [5.74, 6) is -1.84. The Kier molecular flexibility index (Phi) is 7.98. The normalized spacial score (nSPS) is 11.9. The first-order valence-corrected chi connectivity index (χ1v) is 8.97. The molecule has 0 aliphatic rings. The van der Waals surface area contributed by atoms with E-state index in [9.17, 15) is 23.5 Å². The van der Waals surface area contributed by atoms with E-state index in [0.717, 1.165) is 22.3 Å². The van der Waals surface area contributed by atoms with Gasteiger partial charge in [0.2, 0.25) is 0 Å². The van der Waals surface area contributed by atoms with Crippen molar-refractivity contribution in [1.82, 2.24) is 0 Å². The fourth-order valence-electron chi connectivity index (χ4n) is 2.80. The molecular formula is C23H22F2O4. The van der Waals surface area contributed by atoms with Gasteiger partial charge in [-0.15, -0.1) is 0 Å². The van der Waals surface area contributed by atoms with E-state index in [1.165, 1.54) is 37.5 Å². The number of allylic oxidation sites excluding steroid dienone is 2. The van der Waals surface area contributed by atoms with Crippen molar-refractivity contribution in [3.8, 4) is 0 Å². The summed E-state index contributed by atoms with van der Waals surface area (Å²) in [5, 5.41) is 10.1. The number of carbonyl (C=O) groups excluding carboxylic acids is 2. The third-order valence-electron chi connectivity index (χ3n) is 4.23. The second kappa shape index (κ2) is 10.4. The third-order valence-corrected chi connectivity index (χ3v) is 4.23.